The first-order valence-corrected chi connectivity index (χ1v) is 6.96. The van der Waals surface area contributed by atoms with Gasteiger partial charge in [-0.1, -0.05) is 29.3 Å². The topological polar surface area (TPSA) is 52.6 Å². The molecule has 0 aromatic heterocycles. The third kappa shape index (κ3) is 4.08. The number of carbonyl (C=O) groups is 1. The quantitative estimate of drug-likeness (QED) is 0.901. The third-order valence-electron chi connectivity index (χ3n) is 3.15. The van der Waals surface area contributed by atoms with E-state index in [1.807, 2.05) is 4.90 Å². The van der Waals surface area contributed by atoms with Crippen LogP contribution in [-0.4, -0.2) is 41.7 Å². The van der Waals surface area contributed by atoms with Crippen molar-refractivity contribution in [1.29, 1.82) is 0 Å². The second-order valence-electron chi connectivity index (χ2n) is 4.66. The lowest BCUT2D eigenvalue weighted by molar-refractivity contribution is -0.117. The summed E-state index contributed by atoms with van der Waals surface area (Å²) in [5, 5.41) is 12.9. The zero-order valence-electron chi connectivity index (χ0n) is 10.4. The molecule has 1 aliphatic heterocycles. The zero-order valence-corrected chi connectivity index (χ0v) is 11.9. The average Bonchev–Trinajstić information content (AvgIpc) is 2.38. The Morgan fingerprint density at radius 1 is 1.37 bits per heavy atom. The van der Waals surface area contributed by atoms with Gasteiger partial charge in [-0.25, -0.2) is 0 Å². The minimum Gasteiger partial charge on any atom is -0.393 e. The molecule has 1 aromatic carbocycles. The summed E-state index contributed by atoms with van der Waals surface area (Å²) in [4.78, 5) is 13.9. The minimum absolute atomic E-state index is 0.124. The molecule has 0 bridgehead atoms. The summed E-state index contributed by atoms with van der Waals surface area (Å²) in [6.07, 6.45) is 1.19. The summed E-state index contributed by atoms with van der Waals surface area (Å²) in [6, 6.07) is 5.12. The zero-order chi connectivity index (χ0) is 13.8. The molecule has 1 amide bonds. The molecule has 0 saturated carbocycles. The van der Waals surface area contributed by atoms with Crippen LogP contribution in [0.25, 0.3) is 0 Å². The molecule has 0 atom stereocenters. The molecule has 1 fully saturated rings. The number of carbonyl (C=O) groups excluding carboxylic acids is 1. The third-order valence-corrected chi connectivity index (χ3v) is 3.97. The number of amides is 1. The number of rotatable bonds is 3. The predicted octanol–water partition coefficient (Wildman–Crippen LogP) is 2.39. The predicted molar refractivity (Wildman–Crippen MR) is 76.8 cm³/mol. The van der Waals surface area contributed by atoms with E-state index in [1.165, 1.54) is 0 Å². The van der Waals surface area contributed by atoms with Gasteiger partial charge in [-0.15, -0.1) is 0 Å². The van der Waals surface area contributed by atoms with E-state index < -0.39 is 0 Å². The van der Waals surface area contributed by atoms with E-state index >= 15 is 0 Å². The van der Waals surface area contributed by atoms with Crippen LogP contribution in [-0.2, 0) is 4.79 Å². The second-order valence-corrected chi connectivity index (χ2v) is 5.44. The minimum atomic E-state index is -0.235. The number of aliphatic hydroxyl groups excluding tert-OH is 1. The number of nitrogens with zero attached hydrogens (tertiary/aromatic N) is 1. The van der Waals surface area contributed by atoms with Crippen LogP contribution in [0.3, 0.4) is 0 Å². The van der Waals surface area contributed by atoms with Gasteiger partial charge >= 0.3 is 0 Å². The molecule has 0 unspecified atom stereocenters. The van der Waals surface area contributed by atoms with Crippen LogP contribution in [0.4, 0.5) is 5.69 Å². The molecule has 2 rings (SSSR count). The molecule has 1 heterocycles. The van der Waals surface area contributed by atoms with Crippen LogP contribution in [0.15, 0.2) is 18.2 Å². The molecule has 19 heavy (non-hydrogen) atoms. The van der Waals surface area contributed by atoms with Crippen LogP contribution in [0.1, 0.15) is 12.8 Å². The Morgan fingerprint density at radius 3 is 2.74 bits per heavy atom. The molecule has 6 heteroatoms. The first kappa shape index (κ1) is 14.6. The van der Waals surface area contributed by atoms with Crippen molar-refractivity contribution in [3.8, 4) is 0 Å². The number of anilines is 1. The van der Waals surface area contributed by atoms with Crippen molar-refractivity contribution in [2.24, 2.45) is 0 Å². The van der Waals surface area contributed by atoms with Gasteiger partial charge in [0.25, 0.3) is 0 Å². The van der Waals surface area contributed by atoms with Crippen molar-refractivity contribution >= 4 is 34.8 Å². The van der Waals surface area contributed by atoms with Gasteiger partial charge in [0, 0.05) is 13.1 Å². The molecular weight excluding hydrogens is 287 g/mol. The molecule has 1 aliphatic rings. The number of piperidine rings is 1. The highest BCUT2D eigenvalue weighted by atomic mass is 35.5. The number of benzene rings is 1. The van der Waals surface area contributed by atoms with Crippen LogP contribution < -0.4 is 5.32 Å². The Morgan fingerprint density at radius 2 is 2.05 bits per heavy atom. The summed E-state index contributed by atoms with van der Waals surface area (Å²) in [6.45, 7) is 1.77. The fourth-order valence-electron chi connectivity index (χ4n) is 2.07. The van der Waals surface area contributed by atoms with Gasteiger partial charge in [0.1, 0.15) is 0 Å². The summed E-state index contributed by atoms with van der Waals surface area (Å²) in [5.74, 6) is -0.124. The van der Waals surface area contributed by atoms with Gasteiger partial charge in [0.2, 0.25) is 5.91 Å². The van der Waals surface area contributed by atoms with Crippen molar-refractivity contribution in [2.45, 2.75) is 18.9 Å². The fourth-order valence-corrected chi connectivity index (χ4v) is 2.42. The largest absolute Gasteiger partial charge is 0.393 e. The van der Waals surface area contributed by atoms with E-state index in [1.54, 1.807) is 18.2 Å². The Hall–Kier alpha value is -0.810. The molecule has 104 valence electrons. The van der Waals surface area contributed by atoms with Crippen molar-refractivity contribution in [3.63, 3.8) is 0 Å². The van der Waals surface area contributed by atoms with Crippen LogP contribution >= 0.6 is 23.2 Å². The Balaban J connectivity index is 1.89. The molecule has 0 aliphatic carbocycles. The monoisotopic (exact) mass is 302 g/mol. The van der Waals surface area contributed by atoms with Gasteiger partial charge in [-0.2, -0.15) is 0 Å². The van der Waals surface area contributed by atoms with Crippen LogP contribution in [0, 0.1) is 0 Å². The van der Waals surface area contributed by atoms with Crippen LogP contribution in [0.5, 0.6) is 0 Å². The lowest BCUT2D eigenvalue weighted by Crippen LogP contribution is -2.40. The molecule has 4 nitrogen and oxygen atoms in total. The average molecular weight is 303 g/mol. The number of nitrogens with one attached hydrogen (secondary N) is 1. The SMILES string of the molecule is O=C(CN1CCC(O)CC1)Nc1cccc(Cl)c1Cl. The Kier molecular flexibility index (Phi) is 5.05. The van der Waals surface area contributed by atoms with Crippen molar-refractivity contribution in [1.82, 2.24) is 4.90 Å². The second kappa shape index (κ2) is 6.57. The fraction of sp³-hybridized carbons (Fsp3) is 0.462. The van der Waals surface area contributed by atoms with Gasteiger partial charge in [0.15, 0.2) is 0 Å². The highest BCUT2D eigenvalue weighted by molar-refractivity contribution is 6.43. The number of hydrogen-bond donors (Lipinski definition) is 2. The maximum atomic E-state index is 11.9. The van der Waals surface area contributed by atoms with Gasteiger partial charge in [-0.3, -0.25) is 9.69 Å². The summed E-state index contributed by atoms with van der Waals surface area (Å²) >= 11 is 11.9. The summed E-state index contributed by atoms with van der Waals surface area (Å²) in [7, 11) is 0. The molecular formula is C13H16Cl2N2O2. The first-order chi connectivity index (χ1) is 9.06. The Bertz CT molecular complexity index is 460. The lowest BCUT2D eigenvalue weighted by atomic mass is 10.1. The number of halogens is 2. The molecule has 2 N–H and O–H groups in total. The van der Waals surface area contributed by atoms with E-state index in [4.69, 9.17) is 23.2 Å². The summed E-state index contributed by atoms with van der Waals surface area (Å²) in [5.41, 5.74) is 0.524. The van der Waals surface area contributed by atoms with E-state index in [0.717, 1.165) is 13.1 Å². The number of aliphatic hydroxyl groups is 1. The van der Waals surface area contributed by atoms with E-state index in [0.29, 0.717) is 35.1 Å². The van der Waals surface area contributed by atoms with Crippen molar-refractivity contribution in [3.05, 3.63) is 28.2 Å². The highest BCUT2D eigenvalue weighted by Gasteiger charge is 2.19. The first-order valence-electron chi connectivity index (χ1n) is 6.20. The van der Waals surface area contributed by atoms with Gasteiger partial charge < -0.3 is 10.4 Å². The highest BCUT2D eigenvalue weighted by Crippen LogP contribution is 2.29. The van der Waals surface area contributed by atoms with Crippen LogP contribution in [0.2, 0.25) is 10.0 Å². The van der Waals surface area contributed by atoms with E-state index in [2.05, 4.69) is 5.32 Å². The summed E-state index contributed by atoms with van der Waals surface area (Å²) < 4.78 is 0. The number of likely N-dealkylation sites (tertiary alicyclic amines) is 1. The van der Waals surface area contributed by atoms with E-state index in [9.17, 15) is 9.90 Å². The molecule has 1 aromatic rings. The standard InChI is InChI=1S/C13H16Cl2N2O2/c14-10-2-1-3-11(13(10)15)16-12(19)8-17-6-4-9(18)5-7-17/h1-3,9,18H,4-8H2,(H,16,19). The van der Waals surface area contributed by atoms with Gasteiger partial charge in [0.05, 0.1) is 28.4 Å². The number of hydrogen-bond acceptors (Lipinski definition) is 3. The van der Waals surface area contributed by atoms with Crippen molar-refractivity contribution in [2.75, 3.05) is 25.0 Å². The lowest BCUT2D eigenvalue weighted by Gasteiger charge is -2.28. The van der Waals surface area contributed by atoms with E-state index in [-0.39, 0.29) is 12.0 Å². The molecule has 0 radical (unpaired) electrons. The van der Waals surface area contributed by atoms with Gasteiger partial charge in [-0.05, 0) is 25.0 Å². The van der Waals surface area contributed by atoms with Crippen molar-refractivity contribution < 1.29 is 9.90 Å². The molecule has 1 saturated heterocycles. The maximum absolute atomic E-state index is 11.9. The Labute approximate surface area is 122 Å². The smallest absolute Gasteiger partial charge is 0.238 e. The normalized spacial score (nSPS) is 17.4. The maximum Gasteiger partial charge on any atom is 0.238 e. The molecule has 0 spiro atoms.